The van der Waals surface area contributed by atoms with Gasteiger partial charge < -0.3 is 5.11 Å². The average Bonchev–Trinajstić information content (AvgIpc) is 2.69. The molecule has 78 valence electrons. The van der Waals surface area contributed by atoms with E-state index in [-0.39, 0.29) is 12.4 Å². The van der Waals surface area contributed by atoms with Crippen LogP contribution in [0.3, 0.4) is 0 Å². The Morgan fingerprint density at radius 2 is 1.93 bits per heavy atom. The lowest BCUT2D eigenvalue weighted by Crippen LogP contribution is -1.99. The van der Waals surface area contributed by atoms with Gasteiger partial charge in [-0.1, -0.05) is 12.1 Å². The molecule has 0 bridgehead atoms. The summed E-state index contributed by atoms with van der Waals surface area (Å²) in [7, 11) is 0. The van der Waals surface area contributed by atoms with Gasteiger partial charge in [0.25, 0.3) is 0 Å². The molecule has 1 aromatic heterocycles. The van der Waals surface area contributed by atoms with E-state index in [0.717, 1.165) is 11.1 Å². The molecule has 4 heteroatoms. The molecule has 1 aromatic carbocycles. The van der Waals surface area contributed by atoms with Crippen molar-refractivity contribution in [1.29, 1.82) is 0 Å². The summed E-state index contributed by atoms with van der Waals surface area (Å²) in [6.07, 6.45) is 3.38. The molecular formula is C11H11FN2O. The molecule has 0 atom stereocenters. The highest BCUT2D eigenvalue weighted by Crippen LogP contribution is 2.05. The van der Waals surface area contributed by atoms with Gasteiger partial charge in [0.2, 0.25) is 0 Å². The van der Waals surface area contributed by atoms with Crippen LogP contribution < -0.4 is 0 Å². The molecule has 0 unspecified atom stereocenters. The van der Waals surface area contributed by atoms with Gasteiger partial charge in [-0.25, -0.2) is 4.39 Å². The van der Waals surface area contributed by atoms with Gasteiger partial charge >= 0.3 is 0 Å². The fourth-order valence-corrected chi connectivity index (χ4v) is 1.35. The number of nitrogens with zero attached hydrogens (tertiary/aromatic N) is 2. The van der Waals surface area contributed by atoms with Crippen molar-refractivity contribution in [3.05, 3.63) is 53.6 Å². The first-order valence-corrected chi connectivity index (χ1v) is 4.64. The number of halogens is 1. The molecule has 1 N–H and O–H groups in total. The van der Waals surface area contributed by atoms with E-state index in [1.807, 2.05) is 0 Å². The monoisotopic (exact) mass is 206 g/mol. The fourth-order valence-electron chi connectivity index (χ4n) is 1.35. The van der Waals surface area contributed by atoms with Gasteiger partial charge in [-0.05, 0) is 17.7 Å². The summed E-state index contributed by atoms with van der Waals surface area (Å²) in [5.74, 6) is -0.240. The Hall–Kier alpha value is -1.68. The predicted molar refractivity (Wildman–Crippen MR) is 53.7 cm³/mol. The van der Waals surface area contributed by atoms with Gasteiger partial charge in [-0.15, -0.1) is 0 Å². The quantitative estimate of drug-likeness (QED) is 0.827. The van der Waals surface area contributed by atoms with Crippen molar-refractivity contribution in [2.45, 2.75) is 13.2 Å². The van der Waals surface area contributed by atoms with Crippen LogP contribution in [0.5, 0.6) is 0 Å². The molecule has 0 radical (unpaired) electrons. The molecule has 0 aliphatic heterocycles. The molecule has 0 saturated heterocycles. The highest BCUT2D eigenvalue weighted by molar-refractivity contribution is 5.16. The summed E-state index contributed by atoms with van der Waals surface area (Å²) < 4.78 is 14.3. The SMILES string of the molecule is OCc1cnn(Cc2ccc(F)cc2)c1. The minimum Gasteiger partial charge on any atom is -0.392 e. The molecule has 0 aliphatic carbocycles. The van der Waals surface area contributed by atoms with Crippen molar-refractivity contribution in [2.24, 2.45) is 0 Å². The lowest BCUT2D eigenvalue weighted by molar-refractivity contribution is 0.281. The standard InChI is InChI=1S/C11H11FN2O/c12-11-3-1-9(2-4-11)6-14-7-10(8-15)5-13-14/h1-5,7,15H,6,8H2. The first-order chi connectivity index (χ1) is 7.28. The van der Waals surface area contributed by atoms with Crippen LogP contribution in [0.15, 0.2) is 36.7 Å². The maximum Gasteiger partial charge on any atom is 0.123 e. The summed E-state index contributed by atoms with van der Waals surface area (Å²) in [4.78, 5) is 0. The number of hydrogen-bond acceptors (Lipinski definition) is 2. The van der Waals surface area contributed by atoms with E-state index in [0.29, 0.717) is 6.54 Å². The molecule has 0 aliphatic rings. The lowest BCUT2D eigenvalue weighted by atomic mass is 10.2. The van der Waals surface area contributed by atoms with Crippen LogP contribution in [0.4, 0.5) is 4.39 Å². The molecule has 15 heavy (non-hydrogen) atoms. The second-order valence-corrected chi connectivity index (χ2v) is 3.33. The second-order valence-electron chi connectivity index (χ2n) is 3.33. The normalized spacial score (nSPS) is 10.5. The lowest BCUT2D eigenvalue weighted by Gasteiger charge is -2.01. The first kappa shape index (κ1) is 9.86. The molecule has 0 spiro atoms. The van der Waals surface area contributed by atoms with E-state index in [9.17, 15) is 4.39 Å². The zero-order valence-electron chi connectivity index (χ0n) is 8.10. The zero-order chi connectivity index (χ0) is 10.7. The highest BCUT2D eigenvalue weighted by atomic mass is 19.1. The average molecular weight is 206 g/mol. The third-order valence-corrected chi connectivity index (χ3v) is 2.13. The molecule has 0 saturated carbocycles. The van der Waals surface area contributed by atoms with E-state index < -0.39 is 0 Å². The predicted octanol–water partition coefficient (Wildman–Crippen LogP) is 1.56. The number of aliphatic hydroxyl groups excluding tert-OH is 1. The van der Waals surface area contributed by atoms with Gasteiger partial charge in [-0.3, -0.25) is 4.68 Å². The molecule has 1 heterocycles. The summed E-state index contributed by atoms with van der Waals surface area (Å²) in [5, 5.41) is 12.9. The second kappa shape index (κ2) is 4.23. The van der Waals surface area contributed by atoms with Gasteiger partial charge in [0.1, 0.15) is 5.82 Å². The van der Waals surface area contributed by atoms with Crippen LogP contribution in [-0.4, -0.2) is 14.9 Å². The van der Waals surface area contributed by atoms with Crippen molar-refractivity contribution in [2.75, 3.05) is 0 Å². The van der Waals surface area contributed by atoms with Gasteiger partial charge in [0, 0.05) is 11.8 Å². The summed E-state index contributed by atoms with van der Waals surface area (Å²) in [5.41, 5.74) is 1.75. The summed E-state index contributed by atoms with van der Waals surface area (Å²) in [6, 6.07) is 6.28. The first-order valence-electron chi connectivity index (χ1n) is 4.64. The zero-order valence-corrected chi connectivity index (χ0v) is 8.10. The maximum absolute atomic E-state index is 12.6. The van der Waals surface area contributed by atoms with Crippen LogP contribution in [0, 0.1) is 5.82 Å². The van der Waals surface area contributed by atoms with Crippen LogP contribution in [0.25, 0.3) is 0 Å². The van der Waals surface area contributed by atoms with E-state index >= 15 is 0 Å². The molecule has 0 amide bonds. The maximum atomic E-state index is 12.6. The van der Waals surface area contributed by atoms with Crippen LogP contribution >= 0.6 is 0 Å². The Bertz CT molecular complexity index is 436. The molecule has 3 nitrogen and oxygen atoms in total. The Labute approximate surface area is 86.8 Å². The Kier molecular flexibility index (Phi) is 2.78. The summed E-state index contributed by atoms with van der Waals surface area (Å²) in [6.45, 7) is 0.573. The number of benzene rings is 1. The third-order valence-electron chi connectivity index (χ3n) is 2.13. The Balaban J connectivity index is 2.11. The van der Waals surface area contributed by atoms with Gasteiger partial charge in [0.05, 0.1) is 19.3 Å². The molecular weight excluding hydrogens is 195 g/mol. The molecule has 0 fully saturated rings. The van der Waals surface area contributed by atoms with E-state index in [2.05, 4.69) is 5.10 Å². The van der Waals surface area contributed by atoms with Gasteiger partial charge in [0.15, 0.2) is 0 Å². The van der Waals surface area contributed by atoms with Crippen molar-refractivity contribution in [1.82, 2.24) is 9.78 Å². The minimum atomic E-state index is -0.240. The molecule has 2 aromatic rings. The highest BCUT2D eigenvalue weighted by Gasteiger charge is 1.98. The van der Waals surface area contributed by atoms with Crippen molar-refractivity contribution >= 4 is 0 Å². The van der Waals surface area contributed by atoms with Crippen LogP contribution in [0.1, 0.15) is 11.1 Å². The number of rotatable bonds is 3. The Morgan fingerprint density at radius 1 is 1.20 bits per heavy atom. The van der Waals surface area contributed by atoms with Crippen molar-refractivity contribution < 1.29 is 9.50 Å². The molecule has 2 rings (SSSR count). The van der Waals surface area contributed by atoms with E-state index in [1.165, 1.54) is 12.1 Å². The fraction of sp³-hybridized carbons (Fsp3) is 0.182. The minimum absolute atomic E-state index is 0.0105. The smallest absolute Gasteiger partial charge is 0.123 e. The van der Waals surface area contributed by atoms with Crippen molar-refractivity contribution in [3.63, 3.8) is 0 Å². The third kappa shape index (κ3) is 2.41. The number of hydrogen-bond donors (Lipinski definition) is 1. The van der Waals surface area contributed by atoms with E-state index in [1.54, 1.807) is 29.2 Å². The topological polar surface area (TPSA) is 38.1 Å². The van der Waals surface area contributed by atoms with Crippen LogP contribution in [0.2, 0.25) is 0 Å². The Morgan fingerprint density at radius 3 is 2.53 bits per heavy atom. The van der Waals surface area contributed by atoms with Crippen molar-refractivity contribution in [3.8, 4) is 0 Å². The van der Waals surface area contributed by atoms with Gasteiger partial charge in [-0.2, -0.15) is 5.10 Å². The number of aliphatic hydroxyl groups is 1. The largest absolute Gasteiger partial charge is 0.392 e. The number of aromatic nitrogens is 2. The summed E-state index contributed by atoms with van der Waals surface area (Å²) >= 11 is 0. The van der Waals surface area contributed by atoms with E-state index in [4.69, 9.17) is 5.11 Å². The van der Waals surface area contributed by atoms with Crippen LogP contribution in [-0.2, 0) is 13.2 Å².